The molecule has 1 fully saturated rings. The molecule has 0 bridgehead atoms. The van der Waals surface area contributed by atoms with Crippen LogP contribution in [0, 0.1) is 0 Å². The quantitative estimate of drug-likeness (QED) is 0.660. The van der Waals surface area contributed by atoms with Crippen molar-refractivity contribution < 1.29 is 14.7 Å². The summed E-state index contributed by atoms with van der Waals surface area (Å²) in [6.07, 6.45) is 3.67. The second-order valence-corrected chi connectivity index (χ2v) is 5.44. The molecule has 1 heterocycles. The van der Waals surface area contributed by atoms with E-state index in [1.807, 2.05) is 6.92 Å². The molecule has 0 spiro atoms. The monoisotopic (exact) mass is 285 g/mol. The van der Waals surface area contributed by atoms with Crippen LogP contribution in [-0.2, 0) is 4.79 Å². The van der Waals surface area contributed by atoms with Crippen LogP contribution in [0.4, 0.5) is 4.79 Å². The first-order chi connectivity index (χ1) is 9.55. The van der Waals surface area contributed by atoms with Gasteiger partial charge >= 0.3 is 12.0 Å². The summed E-state index contributed by atoms with van der Waals surface area (Å²) < 4.78 is 0. The molecule has 116 valence electrons. The molecular weight excluding hydrogens is 258 g/mol. The molecule has 1 aliphatic rings. The molecule has 1 saturated heterocycles. The van der Waals surface area contributed by atoms with Gasteiger partial charge in [-0.3, -0.25) is 4.79 Å². The second-order valence-electron chi connectivity index (χ2n) is 5.44. The Bertz CT molecular complexity index is 315. The summed E-state index contributed by atoms with van der Waals surface area (Å²) in [6, 6.07) is -0.342. The first-order valence-corrected chi connectivity index (χ1v) is 7.56. The Morgan fingerprint density at radius 2 is 1.95 bits per heavy atom. The lowest BCUT2D eigenvalue weighted by Gasteiger charge is -2.32. The maximum atomic E-state index is 11.8. The highest BCUT2D eigenvalue weighted by Crippen LogP contribution is 2.10. The molecule has 6 nitrogen and oxygen atoms in total. The van der Waals surface area contributed by atoms with E-state index in [2.05, 4.69) is 22.5 Å². The number of aliphatic carboxylic acids is 1. The lowest BCUT2D eigenvalue weighted by Crippen LogP contribution is -2.50. The van der Waals surface area contributed by atoms with Gasteiger partial charge in [0.05, 0.1) is 6.42 Å². The zero-order chi connectivity index (χ0) is 15.0. The van der Waals surface area contributed by atoms with Crippen LogP contribution in [-0.4, -0.2) is 53.7 Å². The van der Waals surface area contributed by atoms with Gasteiger partial charge in [-0.2, -0.15) is 0 Å². The van der Waals surface area contributed by atoms with Gasteiger partial charge in [-0.1, -0.05) is 13.8 Å². The van der Waals surface area contributed by atoms with E-state index in [1.54, 1.807) is 0 Å². The van der Waals surface area contributed by atoms with Crippen LogP contribution >= 0.6 is 0 Å². The fourth-order valence-electron chi connectivity index (χ4n) is 2.54. The molecule has 0 aromatic heterocycles. The van der Waals surface area contributed by atoms with Crippen molar-refractivity contribution in [3.05, 3.63) is 0 Å². The van der Waals surface area contributed by atoms with Crippen molar-refractivity contribution in [2.45, 2.75) is 58.0 Å². The maximum Gasteiger partial charge on any atom is 0.315 e. The molecule has 1 atom stereocenters. The molecule has 0 aliphatic carbocycles. The molecule has 0 saturated carbocycles. The number of carbonyl (C=O) groups is 2. The first kappa shape index (κ1) is 16.8. The van der Waals surface area contributed by atoms with Gasteiger partial charge in [-0.15, -0.1) is 0 Å². The predicted octanol–water partition coefficient (Wildman–Crippen LogP) is 1.41. The van der Waals surface area contributed by atoms with E-state index in [0.29, 0.717) is 6.42 Å². The zero-order valence-corrected chi connectivity index (χ0v) is 12.5. The van der Waals surface area contributed by atoms with Crippen molar-refractivity contribution in [1.82, 2.24) is 15.5 Å². The van der Waals surface area contributed by atoms with Crippen molar-refractivity contribution >= 4 is 12.0 Å². The highest BCUT2D eigenvalue weighted by molar-refractivity contribution is 5.76. The van der Waals surface area contributed by atoms with E-state index >= 15 is 0 Å². The van der Waals surface area contributed by atoms with Gasteiger partial charge in [0.1, 0.15) is 0 Å². The third-order valence-electron chi connectivity index (χ3n) is 3.71. The summed E-state index contributed by atoms with van der Waals surface area (Å²) >= 11 is 0. The summed E-state index contributed by atoms with van der Waals surface area (Å²) in [5.74, 6) is -0.884. The van der Waals surface area contributed by atoms with Crippen LogP contribution < -0.4 is 10.6 Å². The van der Waals surface area contributed by atoms with Gasteiger partial charge in [0.15, 0.2) is 0 Å². The second kappa shape index (κ2) is 8.79. The maximum absolute atomic E-state index is 11.8. The number of likely N-dealkylation sites (tertiary alicyclic amines) is 1. The van der Waals surface area contributed by atoms with Crippen molar-refractivity contribution in [3.8, 4) is 0 Å². The molecule has 0 aromatic carbocycles. The fraction of sp³-hybridized carbons (Fsp3) is 0.857. The number of piperidine rings is 1. The number of hydrogen-bond donors (Lipinski definition) is 3. The Kier molecular flexibility index (Phi) is 7.36. The molecule has 3 N–H and O–H groups in total. The number of rotatable bonds is 7. The third kappa shape index (κ3) is 6.23. The summed E-state index contributed by atoms with van der Waals surface area (Å²) in [4.78, 5) is 24.9. The first-order valence-electron chi connectivity index (χ1n) is 7.56. The number of hydrogen-bond acceptors (Lipinski definition) is 3. The molecule has 20 heavy (non-hydrogen) atoms. The predicted molar refractivity (Wildman–Crippen MR) is 77.8 cm³/mol. The van der Waals surface area contributed by atoms with E-state index in [-0.39, 0.29) is 24.5 Å². The molecule has 1 aliphatic heterocycles. The lowest BCUT2D eigenvalue weighted by atomic mass is 10.1. The largest absolute Gasteiger partial charge is 0.481 e. The summed E-state index contributed by atoms with van der Waals surface area (Å²) in [6.45, 7) is 7.20. The van der Waals surface area contributed by atoms with Crippen LogP contribution in [0.2, 0.25) is 0 Å². The number of nitrogens with one attached hydrogen (secondary N) is 2. The number of carbonyl (C=O) groups excluding carboxylic acids is 1. The smallest absolute Gasteiger partial charge is 0.315 e. The minimum absolute atomic E-state index is 0.0289. The van der Waals surface area contributed by atoms with Gasteiger partial charge in [0.2, 0.25) is 0 Å². The Hall–Kier alpha value is -1.30. The minimum atomic E-state index is -0.884. The average molecular weight is 285 g/mol. The Balaban J connectivity index is 2.27. The number of amides is 2. The Morgan fingerprint density at radius 1 is 1.30 bits per heavy atom. The van der Waals surface area contributed by atoms with Crippen LogP contribution in [0.15, 0.2) is 0 Å². The normalized spacial score (nSPS) is 18.5. The fourth-order valence-corrected chi connectivity index (χ4v) is 2.54. The van der Waals surface area contributed by atoms with Crippen LogP contribution in [0.5, 0.6) is 0 Å². The lowest BCUT2D eigenvalue weighted by molar-refractivity contribution is -0.137. The third-order valence-corrected chi connectivity index (χ3v) is 3.71. The SMILES string of the molecule is CCCN1CCC(NC(=O)NC(CC)CC(=O)O)CC1. The standard InChI is InChI=1S/C14H27N3O3/c1-3-7-17-8-5-12(6-9-17)16-14(20)15-11(4-2)10-13(18)19/h11-12H,3-10H2,1-2H3,(H,18,19)(H2,15,16,20). The highest BCUT2D eigenvalue weighted by Gasteiger charge is 2.21. The van der Waals surface area contributed by atoms with Crippen LogP contribution in [0.25, 0.3) is 0 Å². The molecule has 2 amide bonds. The van der Waals surface area contributed by atoms with Gasteiger partial charge in [-0.25, -0.2) is 4.79 Å². The molecule has 1 unspecified atom stereocenters. The van der Waals surface area contributed by atoms with Crippen LogP contribution in [0.1, 0.15) is 46.0 Å². The van der Waals surface area contributed by atoms with E-state index in [4.69, 9.17) is 5.11 Å². The molecule has 0 aromatic rings. The van der Waals surface area contributed by atoms with Gasteiger partial charge < -0.3 is 20.6 Å². The van der Waals surface area contributed by atoms with Gasteiger partial charge in [0, 0.05) is 25.2 Å². The number of carboxylic acids is 1. The van der Waals surface area contributed by atoms with E-state index in [0.717, 1.165) is 38.9 Å². The molecule has 1 rings (SSSR count). The number of nitrogens with zero attached hydrogens (tertiary/aromatic N) is 1. The Labute approximate surface area is 120 Å². The van der Waals surface area contributed by atoms with Crippen molar-refractivity contribution in [2.24, 2.45) is 0 Å². The summed E-state index contributed by atoms with van der Waals surface area (Å²) in [7, 11) is 0. The highest BCUT2D eigenvalue weighted by atomic mass is 16.4. The van der Waals surface area contributed by atoms with E-state index in [9.17, 15) is 9.59 Å². The number of urea groups is 1. The molecule has 0 radical (unpaired) electrons. The van der Waals surface area contributed by atoms with Gasteiger partial charge in [-0.05, 0) is 32.2 Å². The summed E-state index contributed by atoms with van der Waals surface area (Å²) in [5.41, 5.74) is 0. The average Bonchev–Trinajstić information content (AvgIpc) is 2.40. The van der Waals surface area contributed by atoms with Crippen molar-refractivity contribution in [3.63, 3.8) is 0 Å². The van der Waals surface area contributed by atoms with E-state index in [1.165, 1.54) is 0 Å². The minimum Gasteiger partial charge on any atom is -0.481 e. The topological polar surface area (TPSA) is 81.7 Å². The van der Waals surface area contributed by atoms with Crippen molar-refractivity contribution in [1.29, 1.82) is 0 Å². The molecule has 6 heteroatoms. The number of carboxylic acid groups (broad SMARTS) is 1. The van der Waals surface area contributed by atoms with Crippen LogP contribution in [0.3, 0.4) is 0 Å². The Morgan fingerprint density at radius 3 is 2.45 bits per heavy atom. The molecular formula is C14H27N3O3. The zero-order valence-electron chi connectivity index (χ0n) is 12.5. The van der Waals surface area contributed by atoms with Crippen molar-refractivity contribution in [2.75, 3.05) is 19.6 Å². The van der Waals surface area contributed by atoms with Gasteiger partial charge in [0.25, 0.3) is 0 Å². The van der Waals surface area contributed by atoms with E-state index < -0.39 is 5.97 Å². The summed E-state index contributed by atoms with van der Waals surface area (Å²) in [5, 5.41) is 14.4.